The van der Waals surface area contributed by atoms with Gasteiger partial charge in [-0.1, -0.05) is 26.0 Å². The van der Waals surface area contributed by atoms with Crippen LogP contribution in [-0.4, -0.2) is 23.3 Å². The van der Waals surface area contributed by atoms with E-state index in [9.17, 15) is 14.0 Å². The van der Waals surface area contributed by atoms with Gasteiger partial charge in [-0.3, -0.25) is 9.59 Å². The third-order valence-electron chi connectivity index (χ3n) is 4.36. The van der Waals surface area contributed by atoms with Gasteiger partial charge in [0.1, 0.15) is 5.82 Å². The van der Waals surface area contributed by atoms with E-state index in [-0.39, 0.29) is 30.4 Å². The summed E-state index contributed by atoms with van der Waals surface area (Å²) in [4.78, 5) is 27.6. The quantitative estimate of drug-likeness (QED) is 0.405. The summed E-state index contributed by atoms with van der Waals surface area (Å²) in [6, 6.07) is 6.71. The number of carbonyl (C=O) groups excluding carboxylic acids is 2. The number of ketones is 1. The number of halogens is 1. The molecular weight excluding hydrogens is 365 g/mol. The molecule has 1 N–H and O–H groups in total. The molecule has 3 rings (SSSR count). The molecule has 0 saturated heterocycles. The van der Waals surface area contributed by atoms with Gasteiger partial charge in [-0.05, 0) is 35.4 Å². The molecule has 0 atom stereocenters. The van der Waals surface area contributed by atoms with Crippen LogP contribution in [0.2, 0.25) is 0 Å². The molecule has 0 unspecified atom stereocenters. The third-order valence-corrected chi connectivity index (χ3v) is 5.34. The highest BCUT2D eigenvalue weighted by molar-refractivity contribution is 7.12. The molecule has 0 amide bonds. The number of Topliss-reactive ketones (excluding diaryl/α,β-unsaturated/α-hetero) is 1. The van der Waals surface area contributed by atoms with E-state index < -0.39 is 0 Å². The van der Waals surface area contributed by atoms with Crippen LogP contribution in [0.5, 0.6) is 0 Å². The number of aromatic amines is 1. The maximum absolute atomic E-state index is 13.8. The molecule has 142 valence electrons. The van der Waals surface area contributed by atoms with E-state index >= 15 is 0 Å². The van der Waals surface area contributed by atoms with Gasteiger partial charge in [-0.25, -0.2) is 4.39 Å². The molecule has 3 aromatic rings. The maximum atomic E-state index is 13.8. The fourth-order valence-electron chi connectivity index (χ4n) is 2.80. The predicted molar refractivity (Wildman–Crippen MR) is 106 cm³/mol. The fourth-order valence-corrected chi connectivity index (χ4v) is 3.68. The first kappa shape index (κ1) is 19.3. The topological polar surface area (TPSA) is 59.2 Å². The monoisotopic (exact) mass is 387 g/mol. The number of aromatic nitrogens is 1. The zero-order valence-electron chi connectivity index (χ0n) is 15.4. The lowest BCUT2D eigenvalue weighted by Crippen LogP contribution is -2.09. The lowest BCUT2D eigenvalue weighted by atomic mass is 10.1. The van der Waals surface area contributed by atoms with Crippen LogP contribution in [0, 0.1) is 11.7 Å². The molecule has 0 aliphatic heterocycles. The van der Waals surface area contributed by atoms with Crippen LogP contribution in [0.1, 0.15) is 42.8 Å². The smallest absolute Gasteiger partial charge is 0.306 e. The lowest BCUT2D eigenvalue weighted by Gasteiger charge is -2.06. The number of carbonyl (C=O) groups is 2. The summed E-state index contributed by atoms with van der Waals surface area (Å²) in [7, 11) is 0. The standard InChI is InChI=1S/C21H22FNO3S/c1-13(2)8-9-26-20(25)7-6-18(24)19-10-14(12-27-19)16-11-23-21-15(16)4-3-5-17(21)22/h3-5,10-13,23H,6-9H2,1-2H3. The number of para-hydroxylation sites is 1. The van der Waals surface area contributed by atoms with Crippen molar-refractivity contribution in [3.63, 3.8) is 0 Å². The number of hydrogen-bond acceptors (Lipinski definition) is 4. The van der Waals surface area contributed by atoms with Crippen molar-refractivity contribution < 1.29 is 18.7 Å². The Labute approximate surface area is 161 Å². The Morgan fingerprint density at radius 2 is 2.07 bits per heavy atom. The summed E-state index contributed by atoms with van der Waals surface area (Å²) in [6.45, 7) is 4.52. The highest BCUT2D eigenvalue weighted by Crippen LogP contribution is 2.33. The first-order valence-corrected chi connectivity index (χ1v) is 9.87. The van der Waals surface area contributed by atoms with E-state index in [1.807, 2.05) is 11.4 Å². The molecule has 0 radical (unpaired) electrons. The number of thiophene rings is 1. The summed E-state index contributed by atoms with van der Waals surface area (Å²) >= 11 is 1.33. The molecule has 2 aromatic heterocycles. The number of ether oxygens (including phenoxy) is 1. The number of benzene rings is 1. The van der Waals surface area contributed by atoms with Gasteiger partial charge in [0.15, 0.2) is 5.78 Å². The second-order valence-electron chi connectivity index (χ2n) is 6.89. The van der Waals surface area contributed by atoms with Crippen molar-refractivity contribution in [3.8, 4) is 11.1 Å². The molecule has 6 heteroatoms. The van der Waals surface area contributed by atoms with Gasteiger partial charge in [0.25, 0.3) is 0 Å². The number of rotatable bonds is 8. The Morgan fingerprint density at radius 1 is 1.26 bits per heavy atom. The molecule has 4 nitrogen and oxygen atoms in total. The molecule has 0 saturated carbocycles. The van der Waals surface area contributed by atoms with Crippen LogP contribution in [-0.2, 0) is 9.53 Å². The number of fused-ring (bicyclic) bond motifs is 1. The van der Waals surface area contributed by atoms with Crippen molar-refractivity contribution in [2.24, 2.45) is 5.92 Å². The molecule has 0 spiro atoms. The first-order chi connectivity index (χ1) is 13.0. The Hall–Kier alpha value is -2.47. The van der Waals surface area contributed by atoms with E-state index in [1.165, 1.54) is 17.4 Å². The van der Waals surface area contributed by atoms with E-state index in [0.717, 1.165) is 22.9 Å². The summed E-state index contributed by atoms with van der Waals surface area (Å²) < 4.78 is 19.0. The summed E-state index contributed by atoms with van der Waals surface area (Å²) in [5.41, 5.74) is 2.17. The zero-order chi connectivity index (χ0) is 19.4. The summed E-state index contributed by atoms with van der Waals surface area (Å²) in [5, 5.41) is 2.65. The van der Waals surface area contributed by atoms with Gasteiger partial charge in [-0.2, -0.15) is 0 Å². The van der Waals surface area contributed by atoms with Gasteiger partial charge < -0.3 is 9.72 Å². The molecule has 0 fully saturated rings. The van der Waals surface area contributed by atoms with Crippen molar-refractivity contribution in [2.75, 3.05) is 6.61 Å². The molecular formula is C21H22FNO3S. The number of H-pyrrole nitrogens is 1. The number of esters is 1. The molecule has 0 aliphatic carbocycles. The van der Waals surface area contributed by atoms with Gasteiger partial charge in [0.05, 0.1) is 23.4 Å². The molecule has 27 heavy (non-hydrogen) atoms. The Morgan fingerprint density at radius 3 is 2.85 bits per heavy atom. The van der Waals surface area contributed by atoms with Gasteiger partial charge in [0, 0.05) is 23.6 Å². The summed E-state index contributed by atoms with van der Waals surface area (Å²) in [6.07, 6.45) is 2.78. The normalized spacial score (nSPS) is 11.3. The first-order valence-electron chi connectivity index (χ1n) is 8.99. The van der Waals surface area contributed by atoms with Crippen LogP contribution in [0.15, 0.2) is 35.8 Å². The van der Waals surface area contributed by atoms with E-state index in [0.29, 0.717) is 22.9 Å². The van der Waals surface area contributed by atoms with E-state index in [2.05, 4.69) is 18.8 Å². The van der Waals surface area contributed by atoms with Crippen LogP contribution in [0.4, 0.5) is 4.39 Å². The van der Waals surface area contributed by atoms with Crippen molar-refractivity contribution in [2.45, 2.75) is 33.1 Å². The average Bonchev–Trinajstić information content (AvgIpc) is 3.26. The van der Waals surface area contributed by atoms with Crippen LogP contribution >= 0.6 is 11.3 Å². The van der Waals surface area contributed by atoms with Crippen molar-refractivity contribution in [3.05, 3.63) is 46.5 Å². The minimum absolute atomic E-state index is 0.0851. The molecule has 1 aromatic carbocycles. The van der Waals surface area contributed by atoms with Crippen molar-refractivity contribution in [1.82, 2.24) is 4.98 Å². The minimum Gasteiger partial charge on any atom is -0.466 e. The lowest BCUT2D eigenvalue weighted by molar-refractivity contribution is -0.143. The number of nitrogens with one attached hydrogen (secondary N) is 1. The fraction of sp³-hybridized carbons (Fsp3) is 0.333. The molecule has 0 bridgehead atoms. The minimum atomic E-state index is -0.340. The van der Waals surface area contributed by atoms with Gasteiger partial charge >= 0.3 is 5.97 Å². The second-order valence-corrected chi connectivity index (χ2v) is 7.80. The predicted octanol–water partition coefficient (Wildman–Crippen LogP) is 5.59. The van der Waals surface area contributed by atoms with Crippen molar-refractivity contribution >= 4 is 34.0 Å². The Bertz CT molecular complexity index is 957. The Kier molecular flexibility index (Phi) is 6.06. The SMILES string of the molecule is CC(C)CCOC(=O)CCC(=O)c1cc(-c2c[nH]c3c(F)cccc23)cs1. The maximum Gasteiger partial charge on any atom is 0.306 e. The third kappa shape index (κ3) is 4.63. The van der Waals surface area contributed by atoms with Gasteiger partial charge in [-0.15, -0.1) is 11.3 Å². The van der Waals surface area contributed by atoms with E-state index in [4.69, 9.17) is 4.74 Å². The van der Waals surface area contributed by atoms with Crippen LogP contribution in [0.25, 0.3) is 22.0 Å². The van der Waals surface area contributed by atoms with Gasteiger partial charge in [0.2, 0.25) is 0 Å². The van der Waals surface area contributed by atoms with Crippen LogP contribution in [0.3, 0.4) is 0 Å². The van der Waals surface area contributed by atoms with Crippen molar-refractivity contribution in [1.29, 1.82) is 0 Å². The van der Waals surface area contributed by atoms with E-state index in [1.54, 1.807) is 18.3 Å². The average molecular weight is 387 g/mol. The highest BCUT2D eigenvalue weighted by atomic mass is 32.1. The molecule has 2 heterocycles. The highest BCUT2D eigenvalue weighted by Gasteiger charge is 2.15. The Balaban J connectivity index is 1.62. The molecule has 0 aliphatic rings. The van der Waals surface area contributed by atoms with Crippen LogP contribution < -0.4 is 0 Å². The largest absolute Gasteiger partial charge is 0.466 e. The zero-order valence-corrected chi connectivity index (χ0v) is 16.2. The number of hydrogen-bond donors (Lipinski definition) is 1. The second kappa shape index (κ2) is 8.48. The summed E-state index contributed by atoms with van der Waals surface area (Å²) in [5.74, 6) is -0.255.